The highest BCUT2D eigenvalue weighted by Gasteiger charge is 2.29. The van der Waals surface area contributed by atoms with Crippen molar-refractivity contribution >= 4 is 17.5 Å². The summed E-state index contributed by atoms with van der Waals surface area (Å²) >= 11 is 6.14. The van der Waals surface area contributed by atoms with Crippen LogP contribution in [-0.2, 0) is 11.2 Å². The number of benzene rings is 2. The van der Waals surface area contributed by atoms with E-state index in [1.165, 1.54) is 0 Å². The molecular weight excluding hydrogens is 352 g/mol. The Morgan fingerprint density at radius 2 is 1.88 bits per heavy atom. The van der Waals surface area contributed by atoms with E-state index in [4.69, 9.17) is 21.1 Å². The van der Waals surface area contributed by atoms with Crippen molar-refractivity contribution in [3.05, 3.63) is 58.6 Å². The van der Waals surface area contributed by atoms with Crippen LogP contribution in [0.1, 0.15) is 17.2 Å². The second-order valence-corrected chi connectivity index (χ2v) is 6.62. The van der Waals surface area contributed by atoms with E-state index in [2.05, 4.69) is 5.32 Å². The number of amides is 1. The fourth-order valence-electron chi connectivity index (χ4n) is 3.37. The Bertz CT molecular complexity index is 759. The number of ether oxygens (including phenoxy) is 2. The van der Waals surface area contributed by atoms with E-state index in [0.717, 1.165) is 17.7 Å². The van der Waals surface area contributed by atoms with Crippen molar-refractivity contribution in [1.82, 2.24) is 10.2 Å². The first-order chi connectivity index (χ1) is 12.6. The Kier molecular flexibility index (Phi) is 6.01. The van der Waals surface area contributed by atoms with Crippen LogP contribution in [0, 0.1) is 0 Å². The third-order valence-electron chi connectivity index (χ3n) is 4.66. The topological polar surface area (TPSA) is 50.8 Å². The maximum absolute atomic E-state index is 13.1. The van der Waals surface area contributed by atoms with Gasteiger partial charge in [0.15, 0.2) is 0 Å². The summed E-state index contributed by atoms with van der Waals surface area (Å²) in [5.74, 6) is 1.36. The Morgan fingerprint density at radius 1 is 1.19 bits per heavy atom. The smallest absolute Gasteiger partial charge is 0.227 e. The second kappa shape index (κ2) is 8.43. The normalized spacial score (nSPS) is 17.0. The van der Waals surface area contributed by atoms with Crippen LogP contribution < -0.4 is 14.8 Å². The first-order valence-corrected chi connectivity index (χ1v) is 8.97. The predicted molar refractivity (Wildman–Crippen MR) is 102 cm³/mol. The minimum absolute atomic E-state index is 0.0410. The molecule has 2 aromatic rings. The summed E-state index contributed by atoms with van der Waals surface area (Å²) in [6.07, 6.45) is 0.226. The zero-order valence-electron chi connectivity index (χ0n) is 15.0. The molecule has 1 amide bonds. The molecule has 0 aromatic heterocycles. The van der Waals surface area contributed by atoms with Crippen LogP contribution in [0.5, 0.6) is 11.5 Å². The molecule has 26 heavy (non-hydrogen) atoms. The van der Waals surface area contributed by atoms with Gasteiger partial charge < -0.3 is 19.7 Å². The van der Waals surface area contributed by atoms with Gasteiger partial charge in [-0.2, -0.15) is 0 Å². The molecule has 0 bridgehead atoms. The molecular formula is C20H23ClN2O3. The van der Waals surface area contributed by atoms with Crippen LogP contribution in [0.25, 0.3) is 0 Å². The van der Waals surface area contributed by atoms with Gasteiger partial charge in [-0.25, -0.2) is 0 Å². The Hall–Kier alpha value is -2.24. The van der Waals surface area contributed by atoms with Crippen molar-refractivity contribution in [3.63, 3.8) is 0 Å². The molecule has 0 radical (unpaired) electrons. The van der Waals surface area contributed by atoms with Crippen LogP contribution >= 0.6 is 11.6 Å². The maximum Gasteiger partial charge on any atom is 0.227 e. The van der Waals surface area contributed by atoms with E-state index in [9.17, 15) is 4.79 Å². The number of carbonyl (C=O) groups is 1. The second-order valence-electron chi connectivity index (χ2n) is 6.18. The van der Waals surface area contributed by atoms with Crippen molar-refractivity contribution in [2.75, 3.05) is 33.9 Å². The van der Waals surface area contributed by atoms with Gasteiger partial charge in [-0.15, -0.1) is 0 Å². The van der Waals surface area contributed by atoms with Gasteiger partial charge in [-0.1, -0.05) is 29.8 Å². The third kappa shape index (κ3) is 3.94. The minimum atomic E-state index is -0.0457. The van der Waals surface area contributed by atoms with Crippen LogP contribution in [0.15, 0.2) is 42.5 Å². The molecule has 1 fully saturated rings. The van der Waals surface area contributed by atoms with Gasteiger partial charge in [0.1, 0.15) is 11.5 Å². The molecule has 1 saturated heterocycles. The quantitative estimate of drug-likeness (QED) is 0.873. The van der Waals surface area contributed by atoms with Crippen LogP contribution in [0.3, 0.4) is 0 Å². The molecule has 0 spiro atoms. The van der Waals surface area contributed by atoms with Gasteiger partial charge in [0, 0.05) is 30.2 Å². The zero-order valence-corrected chi connectivity index (χ0v) is 15.8. The van der Waals surface area contributed by atoms with Crippen molar-refractivity contribution < 1.29 is 14.3 Å². The zero-order chi connectivity index (χ0) is 18.5. The Morgan fingerprint density at radius 3 is 2.54 bits per heavy atom. The summed E-state index contributed by atoms with van der Waals surface area (Å²) < 4.78 is 10.8. The van der Waals surface area contributed by atoms with Crippen molar-refractivity contribution in [1.29, 1.82) is 0 Å². The van der Waals surface area contributed by atoms with Crippen LogP contribution in [0.2, 0.25) is 5.02 Å². The molecule has 3 rings (SSSR count). The molecule has 5 nitrogen and oxygen atoms in total. The molecule has 1 aliphatic heterocycles. The molecule has 0 saturated carbocycles. The number of rotatable bonds is 5. The standard InChI is InChI=1S/C20H23ClN2O3/c1-25-18-7-4-8-19(26-2)16(18)12-20(24)23-10-9-22-13-17(23)14-5-3-6-15(21)11-14/h3-8,11,17,22H,9-10,12-13H2,1-2H3. The van der Waals surface area contributed by atoms with Gasteiger partial charge in [0.2, 0.25) is 5.91 Å². The van der Waals surface area contributed by atoms with Crippen LogP contribution in [0.4, 0.5) is 0 Å². The average molecular weight is 375 g/mol. The van der Waals surface area contributed by atoms with Gasteiger partial charge in [-0.3, -0.25) is 4.79 Å². The van der Waals surface area contributed by atoms with E-state index in [1.807, 2.05) is 47.4 Å². The van der Waals surface area contributed by atoms with Crippen molar-refractivity contribution in [2.45, 2.75) is 12.5 Å². The van der Waals surface area contributed by atoms with Crippen molar-refractivity contribution in [2.24, 2.45) is 0 Å². The van der Waals surface area contributed by atoms with Gasteiger partial charge in [0.25, 0.3) is 0 Å². The lowest BCUT2D eigenvalue weighted by Crippen LogP contribution is -2.49. The summed E-state index contributed by atoms with van der Waals surface area (Å²) in [7, 11) is 3.20. The van der Waals surface area contributed by atoms with E-state index in [1.54, 1.807) is 14.2 Å². The minimum Gasteiger partial charge on any atom is -0.496 e. The summed E-state index contributed by atoms with van der Waals surface area (Å²) in [6, 6.07) is 13.2. The highest BCUT2D eigenvalue weighted by molar-refractivity contribution is 6.30. The van der Waals surface area contributed by atoms with Gasteiger partial charge >= 0.3 is 0 Å². The molecule has 0 aliphatic carbocycles. The van der Waals surface area contributed by atoms with Crippen LogP contribution in [-0.4, -0.2) is 44.7 Å². The number of carbonyl (C=O) groups excluding carboxylic acids is 1. The number of nitrogens with one attached hydrogen (secondary N) is 1. The molecule has 138 valence electrons. The van der Waals surface area contributed by atoms with E-state index in [0.29, 0.717) is 29.6 Å². The van der Waals surface area contributed by atoms with E-state index < -0.39 is 0 Å². The number of hydrogen-bond donors (Lipinski definition) is 1. The monoisotopic (exact) mass is 374 g/mol. The van der Waals surface area contributed by atoms with Gasteiger partial charge in [0.05, 0.1) is 26.7 Å². The molecule has 1 heterocycles. The number of halogens is 1. The lowest BCUT2D eigenvalue weighted by Gasteiger charge is -2.37. The first-order valence-electron chi connectivity index (χ1n) is 8.59. The average Bonchev–Trinajstić information content (AvgIpc) is 2.68. The lowest BCUT2D eigenvalue weighted by molar-refractivity contribution is -0.133. The SMILES string of the molecule is COc1cccc(OC)c1CC(=O)N1CCNCC1c1cccc(Cl)c1. The van der Waals surface area contributed by atoms with E-state index >= 15 is 0 Å². The first kappa shape index (κ1) is 18.5. The summed E-state index contributed by atoms with van der Waals surface area (Å²) in [5, 5.41) is 4.03. The summed E-state index contributed by atoms with van der Waals surface area (Å²) in [5.41, 5.74) is 1.80. The fraction of sp³-hybridized carbons (Fsp3) is 0.350. The summed E-state index contributed by atoms with van der Waals surface area (Å²) in [6.45, 7) is 2.12. The number of methoxy groups -OCH3 is 2. The molecule has 1 atom stereocenters. The molecule has 2 aromatic carbocycles. The molecule has 1 unspecified atom stereocenters. The molecule has 1 aliphatic rings. The number of nitrogens with zero attached hydrogens (tertiary/aromatic N) is 1. The lowest BCUT2D eigenvalue weighted by atomic mass is 10.0. The Balaban J connectivity index is 1.86. The molecule has 6 heteroatoms. The van der Waals surface area contributed by atoms with Crippen molar-refractivity contribution in [3.8, 4) is 11.5 Å². The number of hydrogen-bond acceptors (Lipinski definition) is 4. The highest BCUT2D eigenvalue weighted by atomic mass is 35.5. The maximum atomic E-state index is 13.1. The Labute approximate surface area is 158 Å². The van der Waals surface area contributed by atoms with Gasteiger partial charge in [-0.05, 0) is 29.8 Å². The summed E-state index contributed by atoms with van der Waals surface area (Å²) in [4.78, 5) is 15.0. The molecule has 1 N–H and O–H groups in total. The number of piperazine rings is 1. The largest absolute Gasteiger partial charge is 0.496 e. The fourth-order valence-corrected chi connectivity index (χ4v) is 3.57. The van der Waals surface area contributed by atoms with E-state index in [-0.39, 0.29) is 18.4 Å². The highest BCUT2D eigenvalue weighted by Crippen LogP contribution is 2.31. The third-order valence-corrected chi connectivity index (χ3v) is 4.89. The predicted octanol–water partition coefficient (Wildman–Crippen LogP) is 3.07.